The van der Waals surface area contributed by atoms with E-state index in [1.54, 1.807) is 24.3 Å². The number of carbonyl (C=O) groups excluding carboxylic acids is 2. The van der Waals surface area contributed by atoms with Gasteiger partial charge in [0.05, 0.1) is 0 Å². The number of rotatable bonds is 5. The van der Waals surface area contributed by atoms with E-state index in [0.717, 1.165) is 0 Å². The molecule has 0 aliphatic rings. The van der Waals surface area contributed by atoms with E-state index in [4.69, 9.17) is 4.74 Å². The fraction of sp³-hybridized carbons (Fsp3) is 0.176. The van der Waals surface area contributed by atoms with Crippen LogP contribution in [0.1, 0.15) is 12.5 Å². The number of phenols is 2. The van der Waals surface area contributed by atoms with Crippen LogP contribution in [0.4, 0.5) is 0 Å². The van der Waals surface area contributed by atoms with Crippen LogP contribution >= 0.6 is 0 Å². The molecule has 5 heteroatoms. The van der Waals surface area contributed by atoms with Crippen molar-refractivity contribution >= 4 is 22.5 Å². The zero-order valence-electron chi connectivity index (χ0n) is 12.1. The quantitative estimate of drug-likeness (QED) is 0.503. The van der Waals surface area contributed by atoms with Crippen LogP contribution < -0.4 is 0 Å². The number of benzene rings is 2. The number of fused-ring (bicyclic) bond motifs is 1. The molecule has 0 unspecified atom stereocenters. The molecule has 0 aliphatic heterocycles. The lowest BCUT2D eigenvalue weighted by Crippen LogP contribution is -2.16. The second-order valence-corrected chi connectivity index (χ2v) is 5.02. The number of Topliss-reactive ketones (excluding diaryl/α,β-unsaturated/α-hetero) is 1. The highest BCUT2D eigenvalue weighted by Gasteiger charge is 2.13. The average Bonchev–Trinajstić information content (AvgIpc) is 2.49. The largest absolute Gasteiger partial charge is 0.504 e. The minimum atomic E-state index is -0.603. The highest BCUT2D eigenvalue weighted by atomic mass is 16.5. The summed E-state index contributed by atoms with van der Waals surface area (Å²) in [6.07, 6.45) is 0.0605. The molecule has 0 aliphatic carbocycles. The van der Waals surface area contributed by atoms with Crippen LogP contribution in [0.5, 0.6) is 11.5 Å². The summed E-state index contributed by atoms with van der Waals surface area (Å²) in [5.41, 5.74) is 0.919. The van der Waals surface area contributed by atoms with Crippen molar-refractivity contribution in [3.63, 3.8) is 0 Å². The molecule has 2 aromatic carbocycles. The first-order valence-electron chi connectivity index (χ1n) is 6.67. The molecule has 2 aromatic rings. The van der Waals surface area contributed by atoms with Crippen molar-refractivity contribution in [1.29, 1.82) is 0 Å². The van der Waals surface area contributed by atoms with Crippen LogP contribution in [0.3, 0.4) is 0 Å². The van der Waals surface area contributed by atoms with Crippen LogP contribution in [0.2, 0.25) is 0 Å². The van der Waals surface area contributed by atoms with Gasteiger partial charge in [-0.05, 0) is 23.9 Å². The van der Waals surface area contributed by atoms with Crippen molar-refractivity contribution in [2.45, 2.75) is 13.3 Å². The molecular formula is C17H16O5. The van der Waals surface area contributed by atoms with Gasteiger partial charge in [0.25, 0.3) is 0 Å². The number of hydrogen-bond donors (Lipinski definition) is 2. The van der Waals surface area contributed by atoms with Crippen LogP contribution in [0, 0.1) is 0 Å². The van der Waals surface area contributed by atoms with Crippen molar-refractivity contribution in [3.8, 4) is 11.5 Å². The maximum atomic E-state index is 11.9. The Hall–Kier alpha value is -2.82. The van der Waals surface area contributed by atoms with Gasteiger partial charge in [0.1, 0.15) is 0 Å². The Morgan fingerprint density at radius 3 is 2.55 bits per heavy atom. The molecule has 0 heterocycles. The molecule has 0 amide bonds. The van der Waals surface area contributed by atoms with Crippen molar-refractivity contribution in [2.24, 2.45) is 0 Å². The van der Waals surface area contributed by atoms with E-state index in [2.05, 4.69) is 6.58 Å². The topological polar surface area (TPSA) is 83.8 Å². The van der Waals surface area contributed by atoms with Crippen molar-refractivity contribution in [2.75, 3.05) is 6.61 Å². The summed E-state index contributed by atoms with van der Waals surface area (Å²) in [7, 11) is 0. The van der Waals surface area contributed by atoms with Gasteiger partial charge in [-0.3, -0.25) is 4.79 Å². The van der Waals surface area contributed by atoms with Crippen LogP contribution in [-0.4, -0.2) is 28.6 Å². The monoisotopic (exact) mass is 300 g/mol. The van der Waals surface area contributed by atoms with Crippen LogP contribution in [-0.2, 0) is 20.7 Å². The summed E-state index contributed by atoms with van der Waals surface area (Å²) in [6.45, 7) is 4.62. The predicted molar refractivity (Wildman–Crippen MR) is 81.8 cm³/mol. The lowest BCUT2D eigenvalue weighted by Gasteiger charge is -2.09. The minimum Gasteiger partial charge on any atom is -0.504 e. The first-order valence-corrected chi connectivity index (χ1v) is 6.67. The van der Waals surface area contributed by atoms with Gasteiger partial charge in [-0.2, -0.15) is 0 Å². The zero-order valence-corrected chi connectivity index (χ0v) is 12.1. The van der Waals surface area contributed by atoms with E-state index < -0.39 is 5.97 Å². The molecule has 0 spiro atoms. The van der Waals surface area contributed by atoms with Gasteiger partial charge in [0.15, 0.2) is 23.9 Å². The molecule has 0 radical (unpaired) electrons. The highest BCUT2D eigenvalue weighted by molar-refractivity contribution is 5.96. The molecule has 2 N–H and O–H groups in total. The number of esters is 1. The summed E-state index contributed by atoms with van der Waals surface area (Å²) in [5.74, 6) is -1.31. The summed E-state index contributed by atoms with van der Waals surface area (Å²) >= 11 is 0. The molecule has 0 fully saturated rings. The third kappa shape index (κ3) is 3.25. The standard InChI is InChI=1S/C17H16O5/c1-10(2)17(21)22-9-12(18)8-11-4-3-5-14-13(11)6-7-15(19)16(14)20/h3-7,19-20H,1,8-9H2,2H3. The Balaban J connectivity index is 2.18. The number of hydrogen-bond acceptors (Lipinski definition) is 5. The van der Waals surface area contributed by atoms with Gasteiger partial charge in [-0.15, -0.1) is 0 Å². The minimum absolute atomic E-state index is 0.0605. The SMILES string of the molecule is C=C(C)C(=O)OCC(=O)Cc1cccc2c(O)c(O)ccc12. The fourth-order valence-electron chi connectivity index (χ4n) is 2.08. The van der Waals surface area contributed by atoms with Gasteiger partial charge in [-0.25, -0.2) is 4.79 Å². The van der Waals surface area contributed by atoms with Gasteiger partial charge < -0.3 is 14.9 Å². The second-order valence-electron chi connectivity index (χ2n) is 5.02. The second kappa shape index (κ2) is 6.30. The van der Waals surface area contributed by atoms with Gasteiger partial charge in [-0.1, -0.05) is 30.8 Å². The van der Waals surface area contributed by atoms with E-state index in [-0.39, 0.29) is 35.9 Å². The molecule has 0 saturated heterocycles. The Bertz CT molecular complexity index is 761. The van der Waals surface area contributed by atoms with Gasteiger partial charge in [0, 0.05) is 17.4 Å². The molecule has 2 rings (SSSR count). The third-order valence-electron chi connectivity index (χ3n) is 3.20. The van der Waals surface area contributed by atoms with Crippen molar-refractivity contribution in [3.05, 3.63) is 48.0 Å². The first-order chi connectivity index (χ1) is 10.4. The number of phenolic OH excluding ortho intramolecular Hbond substituents is 2. The third-order valence-corrected chi connectivity index (χ3v) is 3.20. The normalized spacial score (nSPS) is 10.4. The lowest BCUT2D eigenvalue weighted by atomic mass is 9.99. The summed E-state index contributed by atoms with van der Waals surface area (Å²) in [4.78, 5) is 23.2. The molecule has 0 aromatic heterocycles. The van der Waals surface area contributed by atoms with E-state index in [0.29, 0.717) is 16.3 Å². The zero-order chi connectivity index (χ0) is 16.3. The van der Waals surface area contributed by atoms with Crippen molar-refractivity contribution < 1.29 is 24.5 Å². The number of ether oxygens (including phenoxy) is 1. The first kappa shape index (κ1) is 15.6. The van der Waals surface area contributed by atoms with Gasteiger partial charge >= 0.3 is 5.97 Å². The molecule has 5 nitrogen and oxygen atoms in total. The summed E-state index contributed by atoms with van der Waals surface area (Å²) in [6, 6.07) is 8.08. The fourth-order valence-corrected chi connectivity index (χ4v) is 2.08. The van der Waals surface area contributed by atoms with Gasteiger partial charge in [0.2, 0.25) is 0 Å². The number of carbonyl (C=O) groups is 2. The molecule has 0 saturated carbocycles. The lowest BCUT2D eigenvalue weighted by molar-refractivity contribution is -0.143. The number of ketones is 1. The molecule has 114 valence electrons. The Morgan fingerprint density at radius 1 is 1.14 bits per heavy atom. The maximum absolute atomic E-state index is 11.9. The number of aromatic hydroxyl groups is 2. The predicted octanol–water partition coefficient (Wildman–Crippen LogP) is 2.48. The van der Waals surface area contributed by atoms with E-state index in [1.807, 2.05) is 0 Å². The van der Waals surface area contributed by atoms with E-state index in [1.165, 1.54) is 13.0 Å². The smallest absolute Gasteiger partial charge is 0.333 e. The summed E-state index contributed by atoms with van der Waals surface area (Å²) < 4.78 is 4.81. The Labute approximate surface area is 127 Å². The van der Waals surface area contributed by atoms with Crippen molar-refractivity contribution in [1.82, 2.24) is 0 Å². The molecular weight excluding hydrogens is 284 g/mol. The maximum Gasteiger partial charge on any atom is 0.333 e. The van der Waals surface area contributed by atoms with Crippen LogP contribution in [0.15, 0.2) is 42.5 Å². The molecule has 0 atom stereocenters. The average molecular weight is 300 g/mol. The van der Waals surface area contributed by atoms with Crippen LogP contribution in [0.25, 0.3) is 10.8 Å². The molecule has 0 bridgehead atoms. The highest BCUT2D eigenvalue weighted by Crippen LogP contribution is 2.34. The Morgan fingerprint density at radius 2 is 1.86 bits per heavy atom. The van der Waals surface area contributed by atoms with E-state index in [9.17, 15) is 19.8 Å². The molecule has 22 heavy (non-hydrogen) atoms. The van der Waals surface area contributed by atoms with E-state index >= 15 is 0 Å². The Kier molecular flexibility index (Phi) is 4.46. The summed E-state index contributed by atoms with van der Waals surface area (Å²) in [5, 5.41) is 20.5.